The van der Waals surface area contributed by atoms with Crippen molar-refractivity contribution in [3.63, 3.8) is 0 Å². The maximum atomic E-state index is 10.7. The van der Waals surface area contributed by atoms with E-state index in [1.807, 2.05) is 24.3 Å². The van der Waals surface area contributed by atoms with Gasteiger partial charge >= 0.3 is 5.97 Å². The van der Waals surface area contributed by atoms with Crippen molar-refractivity contribution in [2.75, 3.05) is 37.6 Å². The number of methoxy groups -OCH3 is 1. The van der Waals surface area contributed by atoms with Crippen molar-refractivity contribution in [2.45, 2.75) is 12.5 Å². The number of benzene rings is 1. The van der Waals surface area contributed by atoms with Crippen molar-refractivity contribution in [2.24, 2.45) is 5.73 Å². The van der Waals surface area contributed by atoms with Crippen molar-refractivity contribution in [3.05, 3.63) is 29.8 Å². The molecule has 1 unspecified atom stereocenters. The van der Waals surface area contributed by atoms with Gasteiger partial charge in [-0.05, 0) is 24.1 Å². The van der Waals surface area contributed by atoms with Gasteiger partial charge in [0, 0.05) is 31.8 Å². The normalized spacial score (nSPS) is 11.6. The number of hydrogen-bond acceptors (Lipinski definition) is 4. The average molecular weight is 337 g/mol. The lowest BCUT2D eigenvalue weighted by Crippen LogP contribution is -2.32. The molecule has 0 heterocycles. The molecule has 0 fully saturated rings. The minimum Gasteiger partial charge on any atom is -0.480 e. The van der Waals surface area contributed by atoms with Crippen LogP contribution in [0.2, 0.25) is 0 Å². The summed E-state index contributed by atoms with van der Waals surface area (Å²) in [5.74, 6) is -0.451. The molecule has 0 aliphatic carbocycles. The Labute approximate surface area is 136 Å². The molecule has 21 heavy (non-hydrogen) atoms. The van der Waals surface area contributed by atoms with E-state index in [2.05, 4.69) is 4.90 Å². The van der Waals surface area contributed by atoms with Crippen LogP contribution in [-0.4, -0.2) is 49.8 Å². The lowest BCUT2D eigenvalue weighted by molar-refractivity contribution is -0.138. The predicted molar refractivity (Wildman–Crippen MR) is 87.8 cm³/mol. The molecule has 5 nitrogen and oxygen atoms in total. The number of nitrogens with zero attached hydrogens (tertiary/aromatic N) is 1. The van der Waals surface area contributed by atoms with Gasteiger partial charge in [-0.25, -0.2) is 0 Å². The van der Waals surface area contributed by atoms with Crippen molar-refractivity contribution in [3.8, 4) is 0 Å². The Morgan fingerprint density at radius 1 is 1.38 bits per heavy atom. The number of halogens is 2. The Kier molecular flexibility index (Phi) is 10.2. The summed E-state index contributed by atoms with van der Waals surface area (Å²) in [6, 6.07) is 6.82. The molecule has 1 aromatic carbocycles. The second kappa shape index (κ2) is 10.7. The van der Waals surface area contributed by atoms with Crippen LogP contribution in [0, 0.1) is 0 Å². The number of nitrogens with two attached hydrogens (primary N) is 1. The van der Waals surface area contributed by atoms with E-state index in [1.165, 1.54) is 0 Å². The summed E-state index contributed by atoms with van der Waals surface area (Å²) in [6.45, 7) is 2.12. The number of carboxylic acid groups (broad SMARTS) is 1. The fourth-order valence-electron chi connectivity index (χ4n) is 1.86. The number of alkyl halides is 1. The smallest absolute Gasteiger partial charge is 0.320 e. The summed E-state index contributed by atoms with van der Waals surface area (Å²) >= 11 is 5.80. The van der Waals surface area contributed by atoms with Gasteiger partial charge in [0.1, 0.15) is 6.04 Å². The highest BCUT2D eigenvalue weighted by atomic mass is 35.5. The minimum absolute atomic E-state index is 0. The molecule has 0 aliphatic rings. The molecular formula is C14H22Cl2N2O3. The summed E-state index contributed by atoms with van der Waals surface area (Å²) in [6.07, 6.45) is 0.323. The van der Waals surface area contributed by atoms with E-state index >= 15 is 0 Å². The lowest BCUT2D eigenvalue weighted by Gasteiger charge is -2.23. The van der Waals surface area contributed by atoms with Gasteiger partial charge in [0.15, 0.2) is 0 Å². The van der Waals surface area contributed by atoms with Crippen molar-refractivity contribution >= 4 is 35.7 Å². The summed E-state index contributed by atoms with van der Waals surface area (Å²) in [5, 5.41) is 8.79. The van der Waals surface area contributed by atoms with Crippen LogP contribution in [0.5, 0.6) is 0 Å². The van der Waals surface area contributed by atoms with Crippen LogP contribution in [0.25, 0.3) is 0 Å². The second-order valence-corrected chi connectivity index (χ2v) is 4.86. The predicted octanol–water partition coefficient (Wildman–Crippen LogP) is 1.75. The molecule has 0 radical (unpaired) electrons. The Morgan fingerprint density at radius 2 is 2.00 bits per heavy atom. The Hall–Kier alpha value is -1.01. The standard InChI is InChI=1S/C14H21ClN2O3.ClH/c1-20-9-8-17(7-6-15)12-4-2-11(3-5-12)10-13(16)14(18)19;/h2-5,13H,6-10,16H2,1H3,(H,18,19);1H. The molecule has 0 aromatic heterocycles. The third-order valence-corrected chi connectivity index (χ3v) is 3.16. The number of hydrogen-bond donors (Lipinski definition) is 2. The molecular weight excluding hydrogens is 315 g/mol. The van der Waals surface area contributed by atoms with Gasteiger partial charge in [0.25, 0.3) is 0 Å². The number of rotatable bonds is 9. The van der Waals surface area contributed by atoms with Crippen LogP contribution in [0.3, 0.4) is 0 Å². The maximum Gasteiger partial charge on any atom is 0.320 e. The molecule has 0 saturated heterocycles. The first-order valence-corrected chi connectivity index (χ1v) is 6.99. The monoisotopic (exact) mass is 336 g/mol. The molecule has 7 heteroatoms. The Bertz CT molecular complexity index is 415. The molecule has 1 aromatic rings. The van der Waals surface area contributed by atoms with Gasteiger partial charge in [0.2, 0.25) is 0 Å². The van der Waals surface area contributed by atoms with Crippen molar-refractivity contribution < 1.29 is 14.6 Å². The number of ether oxygens (including phenoxy) is 1. The SMILES string of the molecule is COCCN(CCCl)c1ccc(CC(N)C(=O)O)cc1.Cl. The fourth-order valence-corrected chi connectivity index (χ4v) is 2.06. The largest absolute Gasteiger partial charge is 0.480 e. The third-order valence-electron chi connectivity index (χ3n) is 2.99. The van der Waals surface area contributed by atoms with Gasteiger partial charge in [-0.15, -0.1) is 24.0 Å². The Balaban J connectivity index is 0.00000400. The number of anilines is 1. The van der Waals surface area contributed by atoms with Gasteiger partial charge in [-0.3, -0.25) is 4.79 Å². The molecule has 0 aliphatic heterocycles. The molecule has 0 bridgehead atoms. The first-order valence-electron chi connectivity index (χ1n) is 6.45. The van der Waals surface area contributed by atoms with E-state index in [0.717, 1.165) is 24.3 Å². The first kappa shape index (κ1) is 20.0. The zero-order valence-corrected chi connectivity index (χ0v) is 13.6. The second-order valence-electron chi connectivity index (χ2n) is 4.48. The van der Waals surface area contributed by atoms with Crippen molar-refractivity contribution in [1.29, 1.82) is 0 Å². The van der Waals surface area contributed by atoms with E-state index in [4.69, 9.17) is 27.2 Å². The molecule has 120 valence electrons. The van der Waals surface area contributed by atoms with Gasteiger partial charge < -0.3 is 20.5 Å². The summed E-state index contributed by atoms with van der Waals surface area (Å²) in [7, 11) is 1.66. The highest BCUT2D eigenvalue weighted by Crippen LogP contribution is 2.16. The third kappa shape index (κ3) is 7.00. The van der Waals surface area contributed by atoms with Gasteiger partial charge in [-0.2, -0.15) is 0 Å². The van der Waals surface area contributed by atoms with E-state index < -0.39 is 12.0 Å². The van der Waals surface area contributed by atoms with E-state index in [0.29, 0.717) is 18.9 Å². The molecule has 0 spiro atoms. The first-order chi connectivity index (χ1) is 9.58. The summed E-state index contributed by atoms with van der Waals surface area (Å²) < 4.78 is 5.08. The van der Waals surface area contributed by atoms with Gasteiger partial charge in [0.05, 0.1) is 6.61 Å². The van der Waals surface area contributed by atoms with E-state index in [1.54, 1.807) is 7.11 Å². The van der Waals surface area contributed by atoms with Crippen LogP contribution < -0.4 is 10.6 Å². The van der Waals surface area contributed by atoms with Crippen LogP contribution in [0.15, 0.2) is 24.3 Å². The topological polar surface area (TPSA) is 75.8 Å². The zero-order chi connectivity index (χ0) is 15.0. The molecule has 0 saturated carbocycles. The molecule has 0 amide bonds. The highest BCUT2D eigenvalue weighted by molar-refractivity contribution is 6.18. The number of carbonyl (C=O) groups is 1. The van der Waals surface area contributed by atoms with Crippen LogP contribution in [0.1, 0.15) is 5.56 Å². The lowest BCUT2D eigenvalue weighted by atomic mass is 10.1. The van der Waals surface area contributed by atoms with Crippen molar-refractivity contribution in [1.82, 2.24) is 0 Å². The molecule has 3 N–H and O–H groups in total. The summed E-state index contributed by atoms with van der Waals surface area (Å²) in [4.78, 5) is 12.8. The average Bonchev–Trinajstić information content (AvgIpc) is 2.44. The van der Waals surface area contributed by atoms with E-state index in [9.17, 15) is 4.79 Å². The summed E-state index contributed by atoms with van der Waals surface area (Å²) in [5.41, 5.74) is 7.46. The molecule has 1 atom stereocenters. The zero-order valence-electron chi connectivity index (χ0n) is 12.0. The minimum atomic E-state index is -0.988. The van der Waals surface area contributed by atoms with E-state index in [-0.39, 0.29) is 12.4 Å². The number of aliphatic carboxylic acids is 1. The van der Waals surface area contributed by atoms with Gasteiger partial charge in [-0.1, -0.05) is 12.1 Å². The maximum absolute atomic E-state index is 10.7. The highest BCUT2D eigenvalue weighted by Gasteiger charge is 2.12. The van der Waals surface area contributed by atoms with Crippen LogP contribution in [-0.2, 0) is 16.0 Å². The van der Waals surface area contributed by atoms with Crippen LogP contribution >= 0.6 is 24.0 Å². The number of carboxylic acids is 1. The fraction of sp³-hybridized carbons (Fsp3) is 0.500. The Morgan fingerprint density at radius 3 is 2.48 bits per heavy atom. The van der Waals surface area contributed by atoms with Crippen LogP contribution in [0.4, 0.5) is 5.69 Å². The molecule has 1 rings (SSSR count). The quantitative estimate of drug-likeness (QED) is 0.672.